The summed E-state index contributed by atoms with van der Waals surface area (Å²) in [5, 5.41) is 15.3. The Bertz CT molecular complexity index is 2010. The molecule has 0 heterocycles. The van der Waals surface area contributed by atoms with Crippen molar-refractivity contribution in [2.45, 2.75) is 14.7 Å². The molecule has 0 amide bonds. The second-order valence-electron chi connectivity index (χ2n) is 8.01. The molecular weight excluding hydrogens is 645 g/mol. The van der Waals surface area contributed by atoms with Gasteiger partial charge in [0.25, 0.3) is 20.2 Å². The van der Waals surface area contributed by atoms with E-state index in [9.17, 15) is 42.8 Å². The fourth-order valence-electron chi connectivity index (χ4n) is 3.05. The van der Waals surface area contributed by atoms with E-state index in [0.29, 0.717) is 12.1 Å². The predicted molar refractivity (Wildman–Crippen MR) is 146 cm³/mol. The summed E-state index contributed by atoms with van der Waals surface area (Å²) < 4.78 is 123. The number of hydrogen-bond acceptors (Lipinski definition) is 15. The van der Waals surface area contributed by atoms with E-state index in [2.05, 4.69) is 24.6 Å². The lowest BCUT2D eigenvalue weighted by Gasteiger charge is -2.06. The number of benzene rings is 3. The fourth-order valence-corrected chi connectivity index (χ4v) is 5.64. The highest BCUT2D eigenvalue weighted by molar-refractivity contribution is 7.91. The second kappa shape index (κ2) is 12.1. The van der Waals surface area contributed by atoms with Crippen molar-refractivity contribution < 1.29 is 51.5 Å². The molecule has 0 fully saturated rings. The van der Waals surface area contributed by atoms with Crippen molar-refractivity contribution in [1.82, 2.24) is 0 Å². The lowest BCUT2D eigenvalue weighted by atomic mass is 10.2. The maximum atomic E-state index is 12.3. The molecule has 0 spiro atoms. The van der Waals surface area contributed by atoms with Crippen LogP contribution in [0, 0.1) is 0 Å². The van der Waals surface area contributed by atoms with Gasteiger partial charge in [0.15, 0.2) is 9.84 Å². The van der Waals surface area contributed by atoms with Crippen LogP contribution in [0.1, 0.15) is 0 Å². The molecule has 3 rings (SSSR count). The van der Waals surface area contributed by atoms with Gasteiger partial charge in [-0.1, -0.05) is 0 Å². The van der Waals surface area contributed by atoms with Crippen LogP contribution in [0.2, 0.25) is 0 Å². The molecule has 226 valence electrons. The lowest BCUT2D eigenvalue weighted by molar-refractivity contribution is 0.284. The zero-order valence-corrected chi connectivity index (χ0v) is 24.0. The van der Waals surface area contributed by atoms with Crippen LogP contribution in [0.3, 0.4) is 0 Å². The van der Waals surface area contributed by atoms with E-state index in [1.165, 1.54) is 24.3 Å². The van der Waals surface area contributed by atoms with Crippen LogP contribution in [0.15, 0.2) is 89.7 Å². The molecular formula is C20H20N6O12S4. The Balaban J connectivity index is 1.88. The minimum Gasteiger partial charge on any atom is -0.397 e. The molecule has 3 aromatic carbocycles. The van der Waals surface area contributed by atoms with Crippen LogP contribution in [-0.4, -0.2) is 59.7 Å². The Labute approximate surface area is 239 Å². The summed E-state index contributed by atoms with van der Waals surface area (Å²) in [6.07, 6.45) is 0. The zero-order chi connectivity index (χ0) is 31.5. The Morgan fingerprint density at radius 1 is 0.619 bits per heavy atom. The summed E-state index contributed by atoms with van der Waals surface area (Å²) in [4.78, 5) is -1.74. The molecule has 0 aliphatic carbocycles. The van der Waals surface area contributed by atoms with Crippen molar-refractivity contribution in [3.8, 4) is 0 Å². The van der Waals surface area contributed by atoms with Gasteiger partial charge in [0, 0.05) is 0 Å². The molecule has 7 N–H and O–H groups in total. The van der Waals surface area contributed by atoms with Gasteiger partial charge < -0.3 is 11.5 Å². The number of nitrogens with zero attached hydrogens (tertiary/aromatic N) is 4. The number of anilines is 2. The highest BCUT2D eigenvalue weighted by Crippen LogP contribution is 2.36. The van der Waals surface area contributed by atoms with Gasteiger partial charge >= 0.3 is 10.4 Å². The third kappa shape index (κ3) is 8.80. The summed E-state index contributed by atoms with van der Waals surface area (Å²) in [6, 6.07) is 9.35. The summed E-state index contributed by atoms with van der Waals surface area (Å²) in [6.45, 7) is -0.804. The number of azo groups is 2. The minimum atomic E-state index is -4.88. The number of hydrogen-bond donors (Lipinski definition) is 5. The molecule has 0 bridgehead atoms. The van der Waals surface area contributed by atoms with Gasteiger partial charge in [0.2, 0.25) is 0 Å². The quantitative estimate of drug-likeness (QED) is 0.112. The van der Waals surface area contributed by atoms with Crippen molar-refractivity contribution in [2.24, 2.45) is 20.5 Å². The molecule has 18 nitrogen and oxygen atoms in total. The van der Waals surface area contributed by atoms with E-state index >= 15 is 0 Å². The molecule has 22 heteroatoms. The summed E-state index contributed by atoms with van der Waals surface area (Å²) in [5.74, 6) is -0.737. The van der Waals surface area contributed by atoms with Crippen LogP contribution in [-0.2, 0) is 44.7 Å². The van der Waals surface area contributed by atoms with Crippen LogP contribution in [0.4, 0.5) is 34.1 Å². The van der Waals surface area contributed by atoms with Crippen LogP contribution < -0.4 is 11.5 Å². The van der Waals surface area contributed by atoms with E-state index in [4.69, 9.17) is 16.0 Å². The Morgan fingerprint density at radius 3 is 1.67 bits per heavy atom. The molecule has 0 aliphatic rings. The van der Waals surface area contributed by atoms with Crippen LogP contribution in [0.5, 0.6) is 0 Å². The van der Waals surface area contributed by atoms with Crippen molar-refractivity contribution in [3.05, 3.63) is 54.6 Å². The maximum absolute atomic E-state index is 12.3. The zero-order valence-electron chi connectivity index (χ0n) is 20.7. The minimum absolute atomic E-state index is 0.0141. The first kappa shape index (κ1) is 32.6. The summed E-state index contributed by atoms with van der Waals surface area (Å²) in [5.41, 5.74) is 11.1. The molecule has 42 heavy (non-hydrogen) atoms. The molecule has 0 aromatic heterocycles. The van der Waals surface area contributed by atoms with Gasteiger partial charge in [-0.05, 0) is 54.6 Å². The van der Waals surface area contributed by atoms with E-state index in [1.807, 2.05) is 0 Å². The Morgan fingerprint density at radius 2 is 1.14 bits per heavy atom. The lowest BCUT2D eigenvalue weighted by Crippen LogP contribution is -2.15. The summed E-state index contributed by atoms with van der Waals surface area (Å²) in [7, 11) is -18.4. The molecule has 0 saturated heterocycles. The van der Waals surface area contributed by atoms with E-state index in [1.54, 1.807) is 0 Å². The topological polar surface area (TPSA) is 308 Å². The molecule has 0 saturated carbocycles. The van der Waals surface area contributed by atoms with E-state index in [-0.39, 0.29) is 33.3 Å². The monoisotopic (exact) mass is 664 g/mol. The highest BCUT2D eigenvalue weighted by atomic mass is 32.3. The fraction of sp³-hybridized carbons (Fsp3) is 0.100. The highest BCUT2D eigenvalue weighted by Gasteiger charge is 2.20. The van der Waals surface area contributed by atoms with Crippen LogP contribution >= 0.6 is 0 Å². The second-order valence-corrected chi connectivity index (χ2v) is 14.0. The van der Waals surface area contributed by atoms with Gasteiger partial charge in [-0.25, -0.2) is 12.6 Å². The Hall–Kier alpha value is -3.90. The first-order valence-corrected chi connectivity index (χ1v) is 16.7. The first-order chi connectivity index (χ1) is 19.3. The molecule has 0 radical (unpaired) electrons. The van der Waals surface area contributed by atoms with E-state index in [0.717, 1.165) is 18.2 Å². The number of nitrogen functional groups attached to an aromatic ring is 2. The largest absolute Gasteiger partial charge is 0.397 e. The van der Waals surface area contributed by atoms with Crippen molar-refractivity contribution in [3.63, 3.8) is 0 Å². The smallest absolute Gasteiger partial charge is 0.397 e. The van der Waals surface area contributed by atoms with Crippen molar-refractivity contribution >= 4 is 74.6 Å². The predicted octanol–water partition coefficient (Wildman–Crippen LogP) is 2.77. The van der Waals surface area contributed by atoms with Gasteiger partial charge in [-0.3, -0.25) is 13.7 Å². The third-order valence-corrected chi connectivity index (χ3v) is 8.91. The third-order valence-electron chi connectivity index (χ3n) is 5.00. The standard InChI is InChI=1S/C20H20N6O12S4/c21-15-10-16(22)18(25-26-19-9-14(40(29,30)31)5-6-20(19)41(32,33)34)11-17(15)24-23-12-1-3-13(4-2-12)39(27,28)8-7-38-42(35,36)37/h1-6,9-11H,7-8,21-22H2,(H,29,30,31)(H,32,33,34)(H,35,36,37)/b24-23+,26-25+. The van der Waals surface area contributed by atoms with Crippen LogP contribution in [0.25, 0.3) is 0 Å². The maximum Gasteiger partial charge on any atom is 0.397 e. The van der Waals surface area contributed by atoms with Gasteiger partial charge in [0.1, 0.15) is 22.0 Å². The summed E-state index contributed by atoms with van der Waals surface area (Å²) >= 11 is 0. The van der Waals surface area contributed by atoms with Crippen molar-refractivity contribution in [2.75, 3.05) is 23.8 Å². The first-order valence-electron chi connectivity index (χ1n) is 10.8. The average Bonchev–Trinajstić information content (AvgIpc) is 2.85. The molecule has 0 aliphatic heterocycles. The number of rotatable bonds is 11. The van der Waals surface area contributed by atoms with E-state index < -0.39 is 68.3 Å². The van der Waals surface area contributed by atoms with Gasteiger partial charge in [-0.15, -0.1) is 15.3 Å². The van der Waals surface area contributed by atoms with Gasteiger partial charge in [0.05, 0.1) is 39.2 Å². The molecule has 0 atom stereocenters. The normalized spacial score (nSPS) is 13.2. The molecule has 3 aromatic rings. The Kier molecular flexibility index (Phi) is 9.43. The average molecular weight is 665 g/mol. The molecule has 0 unspecified atom stereocenters. The SMILES string of the molecule is Nc1cc(N)c(/N=N/c2cc(S(=O)(=O)O)ccc2S(=O)(=O)O)cc1/N=N/c1ccc(S(=O)(=O)CCOS(=O)(=O)O)cc1. The van der Waals surface area contributed by atoms with Crippen molar-refractivity contribution in [1.29, 1.82) is 0 Å². The number of sulfone groups is 1. The number of nitrogens with two attached hydrogens (primary N) is 2. The van der Waals surface area contributed by atoms with Gasteiger partial charge in [-0.2, -0.15) is 30.4 Å².